The van der Waals surface area contributed by atoms with Gasteiger partial charge in [-0.25, -0.2) is 14.8 Å². The lowest BCUT2D eigenvalue weighted by molar-refractivity contribution is 0.0563. The maximum atomic E-state index is 11.2. The van der Waals surface area contributed by atoms with Gasteiger partial charge in [-0.3, -0.25) is 0 Å². The molecule has 0 aliphatic carbocycles. The van der Waals surface area contributed by atoms with Crippen molar-refractivity contribution in [3.05, 3.63) is 29.7 Å². The Hall–Kier alpha value is -2.22. The Bertz CT molecular complexity index is 579. The number of methoxy groups -OCH3 is 1. The molecule has 0 spiro atoms. The molecule has 0 aromatic carbocycles. The fourth-order valence-corrected chi connectivity index (χ4v) is 2.09. The first-order valence-electron chi connectivity index (χ1n) is 5.28. The molecule has 0 aliphatic rings. The standard InChI is InChI=1S/C11H12N4O3S/c1-17-10(16)7-3-2-6(18-7)5-19-11-14-8(12)4-9(13)15-11/h2-4H,5H2,1H3,(H4,12,13,14,15). The molecule has 7 nitrogen and oxygen atoms in total. The van der Waals surface area contributed by atoms with E-state index in [1.165, 1.54) is 24.9 Å². The van der Waals surface area contributed by atoms with Gasteiger partial charge in [0.2, 0.25) is 5.76 Å². The zero-order valence-electron chi connectivity index (χ0n) is 10.1. The summed E-state index contributed by atoms with van der Waals surface area (Å²) in [5, 5.41) is 0.452. The number of aromatic nitrogens is 2. The quantitative estimate of drug-likeness (QED) is 0.489. The molecule has 2 aromatic heterocycles. The Morgan fingerprint density at radius 3 is 2.68 bits per heavy atom. The van der Waals surface area contributed by atoms with E-state index in [-0.39, 0.29) is 5.76 Å². The third-order valence-electron chi connectivity index (χ3n) is 2.14. The molecular weight excluding hydrogens is 268 g/mol. The minimum absolute atomic E-state index is 0.158. The lowest BCUT2D eigenvalue weighted by atomic mass is 10.4. The van der Waals surface area contributed by atoms with Gasteiger partial charge in [-0.1, -0.05) is 11.8 Å². The highest BCUT2D eigenvalue weighted by molar-refractivity contribution is 7.98. The van der Waals surface area contributed by atoms with E-state index in [0.717, 1.165) is 0 Å². The number of furan rings is 1. The molecule has 0 atom stereocenters. The van der Waals surface area contributed by atoms with Gasteiger partial charge in [0.1, 0.15) is 17.4 Å². The highest BCUT2D eigenvalue weighted by Crippen LogP contribution is 2.22. The van der Waals surface area contributed by atoms with E-state index >= 15 is 0 Å². The summed E-state index contributed by atoms with van der Waals surface area (Å²) in [6.07, 6.45) is 0. The van der Waals surface area contributed by atoms with E-state index in [1.807, 2.05) is 0 Å². The molecule has 4 N–H and O–H groups in total. The molecule has 0 saturated carbocycles. The highest BCUT2D eigenvalue weighted by atomic mass is 32.2. The second-order valence-electron chi connectivity index (χ2n) is 3.55. The summed E-state index contributed by atoms with van der Waals surface area (Å²) in [6, 6.07) is 4.72. The van der Waals surface area contributed by atoms with Crippen molar-refractivity contribution in [2.75, 3.05) is 18.6 Å². The number of hydrogen-bond donors (Lipinski definition) is 2. The second kappa shape index (κ2) is 5.61. The van der Waals surface area contributed by atoms with Crippen molar-refractivity contribution in [3.8, 4) is 0 Å². The zero-order chi connectivity index (χ0) is 13.8. The lowest BCUT2D eigenvalue weighted by Crippen LogP contribution is -1.99. The Labute approximate surface area is 113 Å². The van der Waals surface area contributed by atoms with E-state index < -0.39 is 5.97 Å². The van der Waals surface area contributed by atoms with Gasteiger partial charge in [0.05, 0.1) is 12.9 Å². The zero-order valence-corrected chi connectivity index (χ0v) is 10.9. The average molecular weight is 280 g/mol. The molecule has 0 saturated heterocycles. The molecule has 2 aromatic rings. The van der Waals surface area contributed by atoms with Crippen LogP contribution in [0.1, 0.15) is 16.3 Å². The van der Waals surface area contributed by atoms with E-state index in [1.54, 1.807) is 12.1 Å². The van der Waals surface area contributed by atoms with Gasteiger partial charge < -0.3 is 20.6 Å². The summed E-state index contributed by atoms with van der Waals surface area (Å²) in [7, 11) is 1.29. The Morgan fingerprint density at radius 1 is 1.37 bits per heavy atom. The molecule has 8 heteroatoms. The summed E-state index contributed by atoms with van der Waals surface area (Å²) >= 11 is 1.31. The predicted molar refractivity (Wildman–Crippen MR) is 70.5 cm³/mol. The number of carbonyl (C=O) groups excluding carboxylic acids is 1. The fraction of sp³-hybridized carbons (Fsp3) is 0.182. The first-order chi connectivity index (χ1) is 9.08. The van der Waals surface area contributed by atoms with Crippen LogP contribution in [0.4, 0.5) is 11.6 Å². The number of nitrogens with zero attached hydrogens (tertiary/aromatic N) is 2. The van der Waals surface area contributed by atoms with E-state index in [0.29, 0.717) is 28.3 Å². The van der Waals surface area contributed by atoms with Crippen LogP contribution >= 0.6 is 11.8 Å². The van der Waals surface area contributed by atoms with Gasteiger partial charge >= 0.3 is 5.97 Å². The van der Waals surface area contributed by atoms with Gasteiger partial charge in [0.15, 0.2) is 5.16 Å². The van der Waals surface area contributed by atoms with E-state index in [9.17, 15) is 4.79 Å². The average Bonchev–Trinajstić information content (AvgIpc) is 2.83. The molecule has 2 heterocycles. The van der Waals surface area contributed by atoms with Crippen LogP contribution in [0.15, 0.2) is 27.8 Å². The van der Waals surface area contributed by atoms with Crippen LogP contribution in [-0.4, -0.2) is 23.0 Å². The number of nitrogen functional groups attached to an aromatic ring is 2. The molecule has 0 unspecified atom stereocenters. The summed E-state index contributed by atoms with van der Waals surface area (Å²) in [4.78, 5) is 19.3. The number of nitrogens with two attached hydrogens (primary N) is 2. The number of carbonyl (C=O) groups is 1. The fourth-order valence-electron chi connectivity index (χ4n) is 1.33. The van der Waals surface area contributed by atoms with E-state index in [4.69, 9.17) is 15.9 Å². The summed E-state index contributed by atoms with van der Waals surface area (Å²) in [5.74, 6) is 1.33. The smallest absolute Gasteiger partial charge is 0.373 e. The van der Waals surface area contributed by atoms with Crippen molar-refractivity contribution in [1.29, 1.82) is 0 Å². The molecule has 100 valence electrons. The first kappa shape index (κ1) is 13.2. The number of rotatable bonds is 4. The molecule has 0 radical (unpaired) electrons. The molecule has 19 heavy (non-hydrogen) atoms. The summed E-state index contributed by atoms with van der Waals surface area (Å²) < 4.78 is 9.85. The number of esters is 1. The van der Waals surface area contributed by atoms with Crippen LogP contribution in [0, 0.1) is 0 Å². The van der Waals surface area contributed by atoms with Gasteiger partial charge in [-0.2, -0.15) is 0 Å². The van der Waals surface area contributed by atoms with Crippen molar-refractivity contribution < 1.29 is 13.9 Å². The minimum atomic E-state index is -0.513. The summed E-state index contributed by atoms with van der Waals surface area (Å²) in [6.45, 7) is 0. The minimum Gasteiger partial charge on any atom is -0.463 e. The number of anilines is 2. The Kier molecular flexibility index (Phi) is 3.91. The van der Waals surface area contributed by atoms with Gasteiger partial charge in [0.25, 0.3) is 0 Å². The number of ether oxygens (including phenoxy) is 1. The normalized spacial score (nSPS) is 10.4. The number of hydrogen-bond acceptors (Lipinski definition) is 8. The van der Waals surface area contributed by atoms with Crippen LogP contribution in [-0.2, 0) is 10.5 Å². The maximum absolute atomic E-state index is 11.2. The topological polar surface area (TPSA) is 117 Å². The van der Waals surface area contributed by atoms with Crippen LogP contribution < -0.4 is 11.5 Å². The maximum Gasteiger partial charge on any atom is 0.373 e. The van der Waals surface area contributed by atoms with Crippen LogP contribution in [0.5, 0.6) is 0 Å². The molecule has 0 bridgehead atoms. The monoisotopic (exact) mass is 280 g/mol. The van der Waals surface area contributed by atoms with Crippen molar-refractivity contribution in [2.24, 2.45) is 0 Å². The summed E-state index contributed by atoms with van der Waals surface area (Å²) in [5.41, 5.74) is 11.1. The highest BCUT2D eigenvalue weighted by Gasteiger charge is 2.11. The van der Waals surface area contributed by atoms with E-state index in [2.05, 4.69) is 14.7 Å². The van der Waals surface area contributed by atoms with Crippen molar-refractivity contribution in [1.82, 2.24) is 9.97 Å². The Morgan fingerprint density at radius 2 is 2.05 bits per heavy atom. The van der Waals surface area contributed by atoms with Gasteiger partial charge in [-0.15, -0.1) is 0 Å². The third kappa shape index (κ3) is 3.38. The molecule has 0 aliphatic heterocycles. The third-order valence-corrected chi connectivity index (χ3v) is 3.01. The van der Waals surface area contributed by atoms with Crippen LogP contribution in [0.2, 0.25) is 0 Å². The van der Waals surface area contributed by atoms with Crippen molar-refractivity contribution >= 4 is 29.4 Å². The van der Waals surface area contributed by atoms with Gasteiger partial charge in [-0.05, 0) is 12.1 Å². The number of thioether (sulfide) groups is 1. The van der Waals surface area contributed by atoms with Crippen molar-refractivity contribution in [2.45, 2.75) is 10.9 Å². The Balaban J connectivity index is 2.02. The first-order valence-corrected chi connectivity index (χ1v) is 6.27. The predicted octanol–water partition coefficient (Wildman–Crippen LogP) is 1.31. The molecule has 2 rings (SSSR count). The van der Waals surface area contributed by atoms with Gasteiger partial charge in [0, 0.05) is 6.07 Å². The molecule has 0 fully saturated rings. The van der Waals surface area contributed by atoms with Crippen LogP contribution in [0.25, 0.3) is 0 Å². The second-order valence-corrected chi connectivity index (χ2v) is 4.49. The SMILES string of the molecule is COC(=O)c1ccc(CSc2nc(N)cc(N)n2)o1. The largest absolute Gasteiger partial charge is 0.463 e. The molecular formula is C11H12N4O3S. The molecule has 0 amide bonds. The van der Waals surface area contributed by atoms with Crippen molar-refractivity contribution in [3.63, 3.8) is 0 Å². The lowest BCUT2D eigenvalue weighted by Gasteiger charge is -2.01. The van der Waals surface area contributed by atoms with Crippen LogP contribution in [0.3, 0.4) is 0 Å².